The van der Waals surface area contributed by atoms with Gasteiger partial charge >= 0.3 is 18.3 Å². The fourth-order valence-electron chi connectivity index (χ4n) is 14.3. The highest BCUT2D eigenvalue weighted by atomic mass is 79.9. The second kappa shape index (κ2) is 34.4. The van der Waals surface area contributed by atoms with Gasteiger partial charge in [0.25, 0.3) is 5.12 Å². The molecular formula is C83H100Br3N13O9S. The van der Waals surface area contributed by atoms with Crippen LogP contribution in [0.4, 0.5) is 14.4 Å². The van der Waals surface area contributed by atoms with Crippen molar-refractivity contribution in [2.75, 3.05) is 84.8 Å². The Morgan fingerprint density at radius 3 is 1.03 bits per heavy atom. The van der Waals surface area contributed by atoms with Crippen LogP contribution in [0.5, 0.6) is 0 Å². The number of amides is 3. The molecule has 6 aliphatic rings. The third-order valence-electron chi connectivity index (χ3n) is 19.3. The fraction of sp³-hybridized carbons (Fsp3) is 0.410. The minimum Gasteiger partial charge on any atom is -0.444 e. The third kappa shape index (κ3) is 19.8. The maximum atomic E-state index is 13.0. The molecule has 3 aliphatic heterocycles. The van der Waals surface area contributed by atoms with E-state index in [9.17, 15) is 27.6 Å². The molecule has 14 rings (SSSR count). The Balaban J connectivity index is 0.000000173. The van der Waals surface area contributed by atoms with Crippen LogP contribution in [-0.4, -0.2) is 197 Å². The van der Waals surface area contributed by atoms with Gasteiger partial charge in [0.1, 0.15) is 28.5 Å². The highest BCUT2D eigenvalue weighted by Gasteiger charge is 2.40. The van der Waals surface area contributed by atoms with Gasteiger partial charge in [-0.1, -0.05) is 87.6 Å². The lowest BCUT2D eigenvalue weighted by molar-refractivity contribution is -0.107. The molecule has 3 fully saturated rings. The number of sulfone groups is 1. The zero-order valence-electron chi connectivity index (χ0n) is 62.6. The van der Waals surface area contributed by atoms with Crippen molar-refractivity contribution in [1.29, 1.82) is 0 Å². The largest absolute Gasteiger partial charge is 0.444 e. The number of fused-ring (bicyclic) bond motifs is 6. The Hall–Kier alpha value is -8.50. The Labute approximate surface area is 667 Å². The van der Waals surface area contributed by atoms with Gasteiger partial charge in [-0.05, 0) is 205 Å². The fourth-order valence-corrected chi connectivity index (χ4v) is 15.9. The number of aryl methyl sites for hydroxylation is 2. The van der Waals surface area contributed by atoms with E-state index in [1.54, 1.807) is 23.2 Å². The van der Waals surface area contributed by atoms with E-state index >= 15 is 0 Å². The van der Waals surface area contributed by atoms with Gasteiger partial charge < -0.3 is 38.0 Å². The van der Waals surface area contributed by atoms with E-state index in [4.69, 9.17) is 24.2 Å². The summed E-state index contributed by atoms with van der Waals surface area (Å²) < 4.78 is 48.1. The number of halogens is 3. The molecular weight excluding hydrogens is 1590 g/mol. The van der Waals surface area contributed by atoms with Crippen LogP contribution in [-0.2, 0) is 41.9 Å². The maximum Gasteiger partial charge on any atom is 0.410 e. The minimum atomic E-state index is -3.97. The van der Waals surface area contributed by atoms with Crippen LogP contribution in [0, 0.1) is 13.8 Å². The van der Waals surface area contributed by atoms with E-state index in [-0.39, 0.29) is 56.8 Å². The smallest absolute Gasteiger partial charge is 0.410 e. The van der Waals surface area contributed by atoms with Crippen LogP contribution >= 0.6 is 47.8 Å². The van der Waals surface area contributed by atoms with Crippen LogP contribution in [0.1, 0.15) is 174 Å². The SMILES string of the molecule is C.C.CC(C)(C)OC(=O)N1CCN(C2c3ccccc3C=C(C(=O)S(C)(=O)=O)c3cc(Br)cnc32)CC1.Cc1nccn1CC1=Cc2ccccc2C(N2CCN(C(=O)OC(C)(C)C)CC2)c2ncc(Br)cc21.Cc1nccn1CC1=Cc2ccccc2C(N2CCN(C(=O)OC(C)(C)C)CC2)c2ncc(Br)cc21. The Bertz CT molecular complexity index is 4670. The predicted molar refractivity (Wildman–Crippen MR) is 440 cm³/mol. The number of pyridine rings is 3. The van der Waals surface area contributed by atoms with Crippen molar-refractivity contribution in [2.24, 2.45) is 0 Å². The van der Waals surface area contributed by atoms with Gasteiger partial charge in [0.05, 0.1) is 35.2 Å². The second-order valence-corrected chi connectivity index (χ2v) is 35.2. The number of nitrogens with zero attached hydrogens (tertiary/aromatic N) is 13. The highest BCUT2D eigenvalue weighted by Crippen LogP contribution is 2.45. The van der Waals surface area contributed by atoms with E-state index in [0.717, 1.165) is 86.7 Å². The summed E-state index contributed by atoms with van der Waals surface area (Å²) in [7, 11) is -3.97. The van der Waals surface area contributed by atoms with Crippen LogP contribution in [0.15, 0.2) is 148 Å². The van der Waals surface area contributed by atoms with Crippen molar-refractivity contribution in [3.63, 3.8) is 0 Å². The molecule has 0 radical (unpaired) electrons. The number of rotatable bonds is 8. The first-order chi connectivity index (χ1) is 50.7. The lowest BCUT2D eigenvalue weighted by Gasteiger charge is -2.40. The van der Waals surface area contributed by atoms with E-state index in [1.165, 1.54) is 33.4 Å². The predicted octanol–water partition coefficient (Wildman–Crippen LogP) is 16.3. The van der Waals surface area contributed by atoms with Gasteiger partial charge in [-0.3, -0.25) is 34.4 Å². The first-order valence-corrected chi connectivity index (χ1v) is 40.2. The Morgan fingerprint density at radius 2 is 0.734 bits per heavy atom. The van der Waals surface area contributed by atoms with Crippen molar-refractivity contribution in [3.8, 4) is 0 Å². The van der Waals surface area contributed by atoms with E-state index < -0.39 is 31.8 Å². The molecule has 22 nitrogen and oxygen atoms in total. The van der Waals surface area contributed by atoms with Gasteiger partial charge in [-0.15, -0.1) is 0 Å². The van der Waals surface area contributed by atoms with E-state index in [0.29, 0.717) is 81.2 Å². The Morgan fingerprint density at radius 1 is 0.440 bits per heavy atom. The lowest BCUT2D eigenvalue weighted by atomic mass is 9.95. The molecule has 3 amide bonds. The number of benzene rings is 3. The Kier molecular flexibility index (Phi) is 26.2. The second-order valence-electron chi connectivity index (χ2n) is 30.5. The van der Waals surface area contributed by atoms with E-state index in [2.05, 4.69) is 159 Å². The third-order valence-corrected chi connectivity index (χ3v) is 21.5. The summed E-state index contributed by atoms with van der Waals surface area (Å²) in [4.78, 5) is 86.8. The molecule has 3 aromatic carbocycles. The molecule has 3 atom stereocenters. The summed E-state index contributed by atoms with van der Waals surface area (Å²) in [5.41, 5.74) is 12.9. The number of piperazine rings is 3. The van der Waals surface area contributed by atoms with Gasteiger partial charge in [0.15, 0.2) is 0 Å². The summed E-state index contributed by atoms with van der Waals surface area (Å²) in [6, 6.07) is 30.5. The van der Waals surface area contributed by atoms with Gasteiger partial charge in [0, 0.05) is 177 Å². The summed E-state index contributed by atoms with van der Waals surface area (Å²) in [5, 5.41) is -0.941. The number of allylic oxidation sites excluding steroid dienone is 2. The molecule has 3 saturated heterocycles. The van der Waals surface area contributed by atoms with Crippen LogP contribution < -0.4 is 0 Å². The number of hydrogen-bond acceptors (Lipinski definition) is 17. The van der Waals surface area contributed by atoms with Crippen LogP contribution in [0.3, 0.4) is 0 Å². The molecule has 109 heavy (non-hydrogen) atoms. The van der Waals surface area contributed by atoms with Gasteiger partial charge in [0.2, 0.25) is 9.84 Å². The van der Waals surface area contributed by atoms with Crippen molar-refractivity contribution in [2.45, 2.75) is 139 Å². The van der Waals surface area contributed by atoms with Crippen molar-refractivity contribution >= 4 is 116 Å². The van der Waals surface area contributed by atoms with Gasteiger partial charge in [-0.25, -0.2) is 32.8 Å². The normalized spacial score (nSPS) is 18.0. The zero-order valence-corrected chi connectivity index (χ0v) is 68.2. The van der Waals surface area contributed by atoms with Crippen molar-refractivity contribution < 1.29 is 41.8 Å². The first kappa shape index (κ1) is 83.0. The average molecular weight is 1700 g/mol. The van der Waals surface area contributed by atoms with Gasteiger partial charge in [-0.2, -0.15) is 0 Å². The zero-order chi connectivity index (χ0) is 76.4. The number of carbonyl (C=O) groups is 4. The van der Waals surface area contributed by atoms with Crippen LogP contribution in [0.25, 0.3) is 34.9 Å². The standard InChI is InChI=1S/2C28H32BrN5O2.C25H28BrN3O5S.2CH4/c2*1-19-30-9-10-34(19)18-21-15-20-7-5-6-8-23(20)26(25-24(21)16-22(29)17-31-25)32-11-13-33(14-12-32)27(35)36-28(2,3)4;1-25(2,3)34-24(31)29-11-9-28(10-12-29)22-18-8-6-5-7-16(18)13-20(23(30)35(4,32)33)19-14-17(26)15-27-21(19)22;;/h2*5-10,15-17,26H,11-14,18H2,1-4H3;5-8,13-15,22H,9-12H2,1-4H3;2*1H4. The monoisotopic (exact) mass is 1690 g/mol. The molecule has 8 heterocycles. The number of aromatic nitrogens is 7. The summed E-state index contributed by atoms with van der Waals surface area (Å²) in [5.74, 6) is 1.96. The number of hydrogen-bond donors (Lipinski definition) is 0. The molecule has 578 valence electrons. The minimum absolute atomic E-state index is 0. The summed E-state index contributed by atoms with van der Waals surface area (Å²) in [6.45, 7) is 29.9. The molecule has 3 unspecified atom stereocenters. The molecule has 26 heteroatoms. The lowest BCUT2D eigenvalue weighted by Crippen LogP contribution is -2.51. The average Bonchev–Trinajstić information content (AvgIpc) is 1.66. The van der Waals surface area contributed by atoms with Crippen LogP contribution in [0.2, 0.25) is 0 Å². The van der Waals surface area contributed by atoms with Crippen molar-refractivity contribution in [1.82, 2.24) is 63.5 Å². The first-order valence-electron chi connectivity index (χ1n) is 36.0. The topological polar surface area (TPSA) is 224 Å². The highest BCUT2D eigenvalue weighted by molar-refractivity contribution is 9.11. The molecule has 5 aromatic heterocycles. The maximum absolute atomic E-state index is 13.0. The molecule has 0 spiro atoms. The summed E-state index contributed by atoms with van der Waals surface area (Å²) >= 11 is 10.7. The molecule has 0 N–H and O–H groups in total. The molecule has 0 bridgehead atoms. The molecule has 8 aromatic rings. The number of carbonyl (C=O) groups excluding carboxylic acids is 4. The quantitative estimate of drug-likeness (QED) is 0.129. The summed E-state index contributed by atoms with van der Waals surface area (Å²) in [6.07, 6.45) is 19.5. The molecule has 3 aliphatic carbocycles. The molecule has 0 saturated carbocycles. The van der Waals surface area contributed by atoms with Crippen molar-refractivity contribution in [3.05, 3.63) is 227 Å². The number of imidazole rings is 2. The van der Waals surface area contributed by atoms with E-state index in [1.807, 2.05) is 147 Å². The number of ether oxygens (including phenoxy) is 3.